The van der Waals surface area contributed by atoms with Gasteiger partial charge in [-0.05, 0) is 6.07 Å². The zero-order valence-electron chi connectivity index (χ0n) is 5.52. The molecule has 2 N–H and O–H groups in total. The summed E-state index contributed by atoms with van der Waals surface area (Å²) in [6.45, 7) is 0. The Morgan fingerprint density at radius 1 is 1.36 bits per heavy atom. The summed E-state index contributed by atoms with van der Waals surface area (Å²) in [5.41, 5.74) is 5.02. The summed E-state index contributed by atoms with van der Waals surface area (Å²) in [5.74, 6) is 0. The fourth-order valence-electron chi connectivity index (χ4n) is 0.744. The summed E-state index contributed by atoms with van der Waals surface area (Å²) < 4.78 is 24.1. The smallest absolute Gasteiger partial charge is 0.265 e. The Bertz CT molecular complexity index is 263. The Morgan fingerprint density at radius 2 is 2.00 bits per heavy atom. The first-order valence-electron chi connectivity index (χ1n) is 2.95. The second kappa shape index (κ2) is 3.05. The summed E-state index contributed by atoms with van der Waals surface area (Å²) in [6, 6.07) is 4.18. The number of benzene rings is 1. The third-order valence-corrected chi connectivity index (χ3v) is 1.65. The van der Waals surface area contributed by atoms with E-state index in [1.54, 1.807) is 0 Å². The first kappa shape index (κ1) is 8.27. The third kappa shape index (κ3) is 1.60. The summed E-state index contributed by atoms with van der Waals surface area (Å²) in [6.07, 6.45) is -2.56. The molecule has 0 atom stereocenters. The molecule has 11 heavy (non-hydrogen) atoms. The molecule has 60 valence electrons. The Hall–Kier alpha value is -0.830. The Kier molecular flexibility index (Phi) is 2.29. The van der Waals surface area contributed by atoms with Gasteiger partial charge >= 0.3 is 0 Å². The molecular formula is C7H6ClF2N. The summed E-state index contributed by atoms with van der Waals surface area (Å²) >= 11 is 5.50. The molecule has 0 fully saturated rings. The van der Waals surface area contributed by atoms with Crippen LogP contribution in [0.1, 0.15) is 12.0 Å². The zero-order valence-corrected chi connectivity index (χ0v) is 6.28. The van der Waals surface area contributed by atoms with Gasteiger partial charge in [0, 0.05) is 5.56 Å². The van der Waals surface area contributed by atoms with Crippen LogP contribution in [0.3, 0.4) is 0 Å². The van der Waals surface area contributed by atoms with E-state index in [1.807, 2.05) is 0 Å². The number of hydrogen-bond acceptors (Lipinski definition) is 1. The van der Waals surface area contributed by atoms with Crippen LogP contribution in [0.5, 0.6) is 0 Å². The first-order chi connectivity index (χ1) is 5.13. The van der Waals surface area contributed by atoms with Crippen molar-refractivity contribution in [1.82, 2.24) is 0 Å². The van der Waals surface area contributed by atoms with Gasteiger partial charge < -0.3 is 5.73 Å². The lowest BCUT2D eigenvalue weighted by atomic mass is 10.2. The maximum Gasteiger partial charge on any atom is 0.265 e. The van der Waals surface area contributed by atoms with Gasteiger partial charge in [0.1, 0.15) is 0 Å². The van der Waals surface area contributed by atoms with Crippen LogP contribution in [0.2, 0.25) is 5.02 Å². The van der Waals surface area contributed by atoms with Crippen molar-refractivity contribution in [3.63, 3.8) is 0 Å². The van der Waals surface area contributed by atoms with E-state index in [1.165, 1.54) is 18.2 Å². The number of nitrogen functional groups attached to an aromatic ring is 1. The maximum atomic E-state index is 12.1. The van der Waals surface area contributed by atoms with Crippen LogP contribution in [0.25, 0.3) is 0 Å². The fraction of sp³-hybridized carbons (Fsp3) is 0.143. The molecule has 4 heteroatoms. The van der Waals surface area contributed by atoms with E-state index >= 15 is 0 Å². The van der Waals surface area contributed by atoms with E-state index in [0.717, 1.165) is 0 Å². The average Bonchev–Trinajstić information content (AvgIpc) is 1.94. The SMILES string of the molecule is Nc1c(Cl)cccc1C(F)F. The van der Waals surface area contributed by atoms with Crippen molar-refractivity contribution < 1.29 is 8.78 Å². The molecule has 1 aromatic carbocycles. The van der Waals surface area contributed by atoms with Crippen LogP contribution in [0.4, 0.5) is 14.5 Å². The summed E-state index contributed by atoms with van der Waals surface area (Å²) in [5, 5.41) is 0.169. The molecular weight excluding hydrogens is 172 g/mol. The molecule has 1 rings (SSSR count). The predicted octanol–water partition coefficient (Wildman–Crippen LogP) is 2.86. The molecule has 1 aromatic rings. The van der Waals surface area contributed by atoms with Gasteiger partial charge in [-0.3, -0.25) is 0 Å². The number of para-hydroxylation sites is 1. The molecule has 0 radical (unpaired) electrons. The van der Waals surface area contributed by atoms with Crippen LogP contribution >= 0.6 is 11.6 Å². The van der Waals surface area contributed by atoms with Crippen molar-refractivity contribution in [2.24, 2.45) is 0 Å². The first-order valence-corrected chi connectivity index (χ1v) is 3.32. The van der Waals surface area contributed by atoms with Gasteiger partial charge in [0.15, 0.2) is 0 Å². The second-order valence-electron chi connectivity index (χ2n) is 2.04. The van der Waals surface area contributed by atoms with Crippen LogP contribution < -0.4 is 5.73 Å². The molecule has 0 aromatic heterocycles. The normalized spacial score (nSPS) is 10.5. The van der Waals surface area contributed by atoms with Crippen molar-refractivity contribution in [3.8, 4) is 0 Å². The number of alkyl halides is 2. The van der Waals surface area contributed by atoms with Crippen molar-refractivity contribution in [2.75, 3.05) is 5.73 Å². The van der Waals surface area contributed by atoms with Crippen molar-refractivity contribution in [3.05, 3.63) is 28.8 Å². The predicted molar refractivity (Wildman–Crippen MR) is 40.8 cm³/mol. The second-order valence-corrected chi connectivity index (χ2v) is 2.45. The molecule has 0 amide bonds. The molecule has 1 nitrogen and oxygen atoms in total. The monoisotopic (exact) mass is 177 g/mol. The topological polar surface area (TPSA) is 26.0 Å². The van der Waals surface area contributed by atoms with Crippen LogP contribution in [-0.2, 0) is 0 Å². The standard InChI is InChI=1S/C7H6ClF2N/c8-5-3-1-2-4(6(5)11)7(9)10/h1-3,7H,11H2. The number of rotatable bonds is 1. The van der Waals surface area contributed by atoms with Crippen LogP contribution in [0, 0.1) is 0 Å². The van der Waals surface area contributed by atoms with E-state index in [-0.39, 0.29) is 16.3 Å². The average molecular weight is 178 g/mol. The Labute approximate surface area is 67.8 Å². The van der Waals surface area contributed by atoms with E-state index in [9.17, 15) is 8.78 Å². The van der Waals surface area contributed by atoms with E-state index < -0.39 is 6.43 Å². The molecule has 0 saturated carbocycles. The van der Waals surface area contributed by atoms with Gasteiger partial charge in [0.25, 0.3) is 6.43 Å². The van der Waals surface area contributed by atoms with Gasteiger partial charge in [-0.15, -0.1) is 0 Å². The molecule has 0 bridgehead atoms. The lowest BCUT2D eigenvalue weighted by Gasteiger charge is -2.04. The minimum Gasteiger partial charge on any atom is -0.397 e. The molecule has 0 aliphatic heterocycles. The molecule has 0 unspecified atom stereocenters. The number of nitrogens with two attached hydrogens (primary N) is 1. The van der Waals surface area contributed by atoms with Crippen molar-refractivity contribution in [1.29, 1.82) is 0 Å². The van der Waals surface area contributed by atoms with Gasteiger partial charge in [0.05, 0.1) is 10.7 Å². The lowest BCUT2D eigenvalue weighted by molar-refractivity contribution is 0.152. The number of anilines is 1. The summed E-state index contributed by atoms with van der Waals surface area (Å²) in [7, 11) is 0. The van der Waals surface area contributed by atoms with E-state index in [2.05, 4.69) is 0 Å². The largest absolute Gasteiger partial charge is 0.397 e. The highest BCUT2D eigenvalue weighted by Crippen LogP contribution is 2.29. The number of halogens is 3. The lowest BCUT2D eigenvalue weighted by Crippen LogP contribution is -1.94. The highest BCUT2D eigenvalue weighted by Gasteiger charge is 2.11. The van der Waals surface area contributed by atoms with Crippen LogP contribution in [-0.4, -0.2) is 0 Å². The highest BCUT2D eigenvalue weighted by molar-refractivity contribution is 6.33. The van der Waals surface area contributed by atoms with E-state index in [4.69, 9.17) is 17.3 Å². The maximum absolute atomic E-state index is 12.1. The van der Waals surface area contributed by atoms with Gasteiger partial charge in [-0.2, -0.15) is 0 Å². The molecule has 0 aliphatic rings. The number of hydrogen-bond donors (Lipinski definition) is 1. The molecule has 0 aliphatic carbocycles. The Morgan fingerprint density at radius 3 is 2.45 bits per heavy atom. The van der Waals surface area contributed by atoms with E-state index in [0.29, 0.717) is 0 Å². The quantitative estimate of drug-likeness (QED) is 0.656. The van der Waals surface area contributed by atoms with Gasteiger partial charge in [-0.25, -0.2) is 8.78 Å². The van der Waals surface area contributed by atoms with Crippen molar-refractivity contribution in [2.45, 2.75) is 6.43 Å². The zero-order chi connectivity index (χ0) is 8.43. The highest BCUT2D eigenvalue weighted by atomic mass is 35.5. The Balaban J connectivity index is 3.17. The fourth-order valence-corrected chi connectivity index (χ4v) is 0.926. The third-order valence-electron chi connectivity index (χ3n) is 1.32. The molecule has 0 heterocycles. The summed E-state index contributed by atoms with van der Waals surface area (Å²) in [4.78, 5) is 0. The van der Waals surface area contributed by atoms with Gasteiger partial charge in [-0.1, -0.05) is 23.7 Å². The minimum absolute atomic E-state index is 0.0378. The minimum atomic E-state index is -2.56. The molecule has 0 saturated heterocycles. The van der Waals surface area contributed by atoms with Crippen LogP contribution in [0.15, 0.2) is 18.2 Å². The van der Waals surface area contributed by atoms with Crippen molar-refractivity contribution >= 4 is 17.3 Å². The van der Waals surface area contributed by atoms with Gasteiger partial charge in [0.2, 0.25) is 0 Å². The molecule has 0 spiro atoms.